The lowest BCUT2D eigenvalue weighted by Gasteiger charge is -2.23. The van der Waals surface area contributed by atoms with E-state index in [0.29, 0.717) is 18.2 Å². The smallest absolute Gasteiger partial charge is 0.411 e. The number of aromatic nitrogens is 3. The van der Waals surface area contributed by atoms with E-state index < -0.39 is 6.09 Å². The van der Waals surface area contributed by atoms with E-state index in [1.54, 1.807) is 23.1 Å². The molecule has 0 bridgehead atoms. The monoisotopic (exact) mass is 525 g/mol. The van der Waals surface area contributed by atoms with Crippen molar-refractivity contribution < 1.29 is 14.3 Å². The number of nitrogens with zero attached hydrogens (tertiary/aromatic N) is 3. The number of pyridine rings is 1. The summed E-state index contributed by atoms with van der Waals surface area (Å²) in [5, 5.41) is 15.8. The zero-order chi connectivity index (χ0) is 25.2. The molecule has 2 N–H and O–H groups in total. The van der Waals surface area contributed by atoms with Crippen LogP contribution in [0.2, 0.25) is 0 Å². The van der Waals surface area contributed by atoms with Gasteiger partial charge in [0.2, 0.25) is 0 Å². The van der Waals surface area contributed by atoms with E-state index in [2.05, 4.69) is 46.5 Å². The maximum absolute atomic E-state index is 11.8. The van der Waals surface area contributed by atoms with E-state index in [1.807, 2.05) is 24.3 Å². The minimum absolute atomic E-state index is 0.168. The molecular formula is C26H31N5O3S2. The maximum atomic E-state index is 11.8. The van der Waals surface area contributed by atoms with Gasteiger partial charge in [-0.05, 0) is 60.6 Å². The second kappa shape index (κ2) is 13.4. The van der Waals surface area contributed by atoms with Gasteiger partial charge in [-0.3, -0.25) is 5.32 Å². The second-order valence-electron chi connectivity index (χ2n) is 8.33. The Morgan fingerprint density at radius 3 is 2.92 bits per heavy atom. The first-order valence-electron chi connectivity index (χ1n) is 12.0. The first-order chi connectivity index (χ1) is 17.6. The Kier molecular flexibility index (Phi) is 9.71. The van der Waals surface area contributed by atoms with Crippen LogP contribution >= 0.6 is 23.1 Å². The van der Waals surface area contributed by atoms with Crippen molar-refractivity contribution in [2.24, 2.45) is 0 Å². The molecule has 1 fully saturated rings. The first-order valence-corrected chi connectivity index (χ1v) is 13.8. The molecule has 36 heavy (non-hydrogen) atoms. The molecule has 1 aliphatic rings. The lowest BCUT2D eigenvalue weighted by atomic mass is 9.92. The number of ether oxygens (including phenoxy) is 2. The number of hydrogen-bond donors (Lipinski definition) is 2. The van der Waals surface area contributed by atoms with Crippen LogP contribution in [-0.2, 0) is 28.2 Å². The van der Waals surface area contributed by atoms with E-state index in [9.17, 15) is 4.79 Å². The molecule has 3 aromatic rings. The SMILES string of the molecule is C=CCOC(=O)Nc1cccc(CNc2cc(C3CCOCC3)cc(CSc3nnc(CC)s3)n2)c1. The zero-order valence-electron chi connectivity index (χ0n) is 20.4. The zero-order valence-corrected chi connectivity index (χ0v) is 22.0. The Balaban J connectivity index is 1.45. The van der Waals surface area contributed by atoms with Gasteiger partial charge in [0.05, 0.1) is 5.69 Å². The van der Waals surface area contributed by atoms with Gasteiger partial charge in [0, 0.05) is 31.2 Å². The van der Waals surface area contributed by atoms with Crippen LogP contribution in [0.25, 0.3) is 0 Å². The number of benzene rings is 1. The van der Waals surface area contributed by atoms with Gasteiger partial charge in [-0.1, -0.05) is 54.8 Å². The van der Waals surface area contributed by atoms with Gasteiger partial charge < -0.3 is 14.8 Å². The molecule has 0 spiro atoms. The number of carbonyl (C=O) groups is 1. The third kappa shape index (κ3) is 7.78. The quantitative estimate of drug-likeness (QED) is 0.231. The van der Waals surface area contributed by atoms with Crippen LogP contribution in [-0.4, -0.2) is 41.1 Å². The minimum atomic E-state index is -0.505. The fraction of sp³-hybridized carbons (Fsp3) is 0.385. The van der Waals surface area contributed by atoms with Gasteiger partial charge >= 0.3 is 6.09 Å². The van der Waals surface area contributed by atoms with E-state index in [1.165, 1.54) is 11.6 Å². The van der Waals surface area contributed by atoms with Crippen molar-refractivity contribution in [1.29, 1.82) is 0 Å². The number of anilines is 2. The summed E-state index contributed by atoms with van der Waals surface area (Å²) >= 11 is 3.32. The Hall–Kier alpha value is -2.95. The van der Waals surface area contributed by atoms with Crippen molar-refractivity contribution >= 4 is 40.7 Å². The van der Waals surface area contributed by atoms with Gasteiger partial charge in [-0.25, -0.2) is 9.78 Å². The number of thioether (sulfide) groups is 1. The van der Waals surface area contributed by atoms with Crippen molar-refractivity contribution in [3.8, 4) is 0 Å². The molecule has 1 saturated heterocycles. The molecule has 0 saturated carbocycles. The molecule has 0 unspecified atom stereocenters. The van der Waals surface area contributed by atoms with Crippen molar-refractivity contribution in [2.75, 3.05) is 30.5 Å². The summed E-state index contributed by atoms with van der Waals surface area (Å²) in [7, 11) is 0. The van der Waals surface area contributed by atoms with Gasteiger partial charge in [0.25, 0.3) is 0 Å². The molecule has 1 amide bonds. The highest BCUT2D eigenvalue weighted by Crippen LogP contribution is 2.31. The number of hydrogen-bond acceptors (Lipinski definition) is 9. The summed E-state index contributed by atoms with van der Waals surface area (Å²) in [5.41, 5.74) is 4.00. The molecule has 10 heteroatoms. The molecule has 1 aliphatic heterocycles. The molecule has 0 aliphatic carbocycles. The molecule has 1 aromatic carbocycles. The predicted molar refractivity (Wildman–Crippen MR) is 145 cm³/mol. The highest BCUT2D eigenvalue weighted by atomic mass is 32.2. The summed E-state index contributed by atoms with van der Waals surface area (Å²) < 4.78 is 11.5. The van der Waals surface area contributed by atoms with Gasteiger partial charge in [0.15, 0.2) is 4.34 Å². The van der Waals surface area contributed by atoms with Crippen LogP contribution in [0.1, 0.15) is 47.5 Å². The normalized spacial score (nSPS) is 13.8. The summed E-state index contributed by atoms with van der Waals surface area (Å²) in [6.07, 6.45) is 3.96. The minimum Gasteiger partial charge on any atom is -0.445 e. The number of carbonyl (C=O) groups excluding carboxylic acids is 1. The van der Waals surface area contributed by atoms with Crippen molar-refractivity contribution in [3.63, 3.8) is 0 Å². The Labute approximate surface area is 219 Å². The second-order valence-corrected chi connectivity index (χ2v) is 10.6. The number of rotatable bonds is 11. The highest BCUT2D eigenvalue weighted by Gasteiger charge is 2.18. The molecule has 2 aromatic heterocycles. The third-order valence-electron chi connectivity index (χ3n) is 5.67. The van der Waals surface area contributed by atoms with Crippen LogP contribution in [0, 0.1) is 0 Å². The summed E-state index contributed by atoms with van der Waals surface area (Å²) in [6.45, 7) is 7.96. The molecule has 8 nitrogen and oxygen atoms in total. The lowest BCUT2D eigenvalue weighted by Crippen LogP contribution is -2.15. The van der Waals surface area contributed by atoms with Crippen molar-refractivity contribution in [2.45, 2.75) is 48.7 Å². The van der Waals surface area contributed by atoms with Gasteiger partial charge in [-0.2, -0.15) is 0 Å². The van der Waals surface area contributed by atoms with Crippen LogP contribution < -0.4 is 10.6 Å². The van der Waals surface area contributed by atoms with Crippen LogP contribution in [0.4, 0.5) is 16.3 Å². The standard InChI is InChI=1S/C26H31N5O3S2/c1-3-10-34-25(32)29-21-7-5-6-18(13-21)16-27-23-15-20(19-8-11-33-12-9-19)14-22(28-23)17-35-26-31-30-24(4-2)36-26/h3,5-7,13-15,19H,1,4,8-12,16-17H2,2H3,(H,27,28)(H,29,32). The van der Waals surface area contributed by atoms with E-state index in [-0.39, 0.29) is 6.61 Å². The van der Waals surface area contributed by atoms with E-state index in [0.717, 1.165) is 64.7 Å². The summed E-state index contributed by atoms with van der Waals surface area (Å²) in [6, 6.07) is 12.0. The van der Waals surface area contributed by atoms with Crippen molar-refractivity contribution in [1.82, 2.24) is 15.2 Å². The molecule has 4 rings (SSSR count). The van der Waals surface area contributed by atoms with E-state index in [4.69, 9.17) is 14.5 Å². The first kappa shape index (κ1) is 26.1. The maximum Gasteiger partial charge on any atom is 0.411 e. The van der Waals surface area contributed by atoms with Gasteiger partial charge in [0.1, 0.15) is 17.4 Å². The number of amides is 1. The van der Waals surface area contributed by atoms with Crippen LogP contribution in [0.5, 0.6) is 0 Å². The summed E-state index contributed by atoms with van der Waals surface area (Å²) in [5.74, 6) is 2.04. The average Bonchev–Trinajstić information content (AvgIpc) is 3.38. The number of nitrogens with one attached hydrogen (secondary N) is 2. The molecule has 190 valence electrons. The fourth-order valence-corrected chi connectivity index (χ4v) is 5.59. The Morgan fingerprint density at radius 1 is 1.28 bits per heavy atom. The fourth-order valence-electron chi connectivity index (χ4n) is 3.86. The van der Waals surface area contributed by atoms with Crippen LogP contribution in [0.3, 0.4) is 0 Å². The molecular weight excluding hydrogens is 494 g/mol. The highest BCUT2D eigenvalue weighted by molar-refractivity contribution is 8.00. The lowest BCUT2D eigenvalue weighted by molar-refractivity contribution is 0.0853. The predicted octanol–water partition coefficient (Wildman–Crippen LogP) is 6.03. The van der Waals surface area contributed by atoms with E-state index >= 15 is 0 Å². The molecule has 0 radical (unpaired) electrons. The topological polar surface area (TPSA) is 98.3 Å². The third-order valence-corrected chi connectivity index (χ3v) is 7.90. The Morgan fingerprint density at radius 2 is 2.14 bits per heavy atom. The van der Waals surface area contributed by atoms with Crippen molar-refractivity contribution in [3.05, 3.63) is 70.9 Å². The molecule has 3 heterocycles. The summed E-state index contributed by atoms with van der Waals surface area (Å²) in [4.78, 5) is 16.7. The molecule has 0 atom stereocenters. The average molecular weight is 526 g/mol. The van der Waals surface area contributed by atoms with Crippen LogP contribution in [0.15, 0.2) is 53.4 Å². The van der Waals surface area contributed by atoms with Gasteiger partial charge in [-0.15, -0.1) is 10.2 Å². The Bertz CT molecular complexity index is 1160. The number of aryl methyl sites for hydroxylation is 1. The largest absolute Gasteiger partial charge is 0.445 e.